The number of nitrogens with zero attached hydrogens (tertiary/aromatic N) is 2. The fraction of sp³-hybridized carbons (Fsp3) is 0.667. The Bertz CT molecular complexity index is 518. The van der Waals surface area contributed by atoms with Gasteiger partial charge < -0.3 is 20.3 Å². The Labute approximate surface area is 182 Å². The molecule has 5 nitrogen and oxygen atoms in total. The normalized spacial score (nSPS) is 17.2. The van der Waals surface area contributed by atoms with Crippen molar-refractivity contribution in [2.75, 3.05) is 46.9 Å². The number of halogens is 1. The summed E-state index contributed by atoms with van der Waals surface area (Å²) in [5, 5.41) is 6.82. The molecule has 2 N–H and O–H groups in total. The molecule has 6 heteroatoms. The van der Waals surface area contributed by atoms with Gasteiger partial charge in [-0.25, -0.2) is 0 Å². The summed E-state index contributed by atoms with van der Waals surface area (Å²) < 4.78 is 5.91. The van der Waals surface area contributed by atoms with Crippen LogP contribution in [0.25, 0.3) is 0 Å². The summed E-state index contributed by atoms with van der Waals surface area (Å²) in [6.45, 7) is 7.19. The zero-order valence-corrected chi connectivity index (χ0v) is 19.4. The molecule has 1 unspecified atom stereocenters. The Morgan fingerprint density at radius 1 is 1.19 bits per heavy atom. The van der Waals surface area contributed by atoms with Crippen LogP contribution >= 0.6 is 24.0 Å². The van der Waals surface area contributed by atoms with Gasteiger partial charge in [0.1, 0.15) is 0 Å². The van der Waals surface area contributed by atoms with Crippen LogP contribution in [-0.2, 0) is 4.74 Å². The van der Waals surface area contributed by atoms with Crippen LogP contribution in [-0.4, -0.2) is 57.7 Å². The molecule has 1 atom stereocenters. The summed E-state index contributed by atoms with van der Waals surface area (Å²) in [4.78, 5) is 6.73. The molecule has 0 aromatic heterocycles. The molecule has 1 aromatic carbocycles. The van der Waals surface area contributed by atoms with E-state index in [1.54, 1.807) is 0 Å². The van der Waals surface area contributed by atoms with Gasteiger partial charge in [0, 0.05) is 26.7 Å². The molecule has 27 heavy (non-hydrogen) atoms. The summed E-state index contributed by atoms with van der Waals surface area (Å²) in [7, 11) is 4.05. The SMILES string of the molecule is CN=C(NCCCOC(C)c1ccccc1)NCCC1CCN(C)CC1.I. The molecule has 1 aliphatic heterocycles. The minimum absolute atomic E-state index is 0. The second-order valence-corrected chi connectivity index (χ2v) is 7.24. The van der Waals surface area contributed by atoms with Crippen LogP contribution in [0.15, 0.2) is 35.3 Å². The van der Waals surface area contributed by atoms with Gasteiger partial charge in [0.05, 0.1) is 6.10 Å². The second kappa shape index (κ2) is 14.2. The van der Waals surface area contributed by atoms with Crippen molar-refractivity contribution in [1.29, 1.82) is 0 Å². The van der Waals surface area contributed by atoms with Crippen molar-refractivity contribution in [2.45, 2.75) is 38.7 Å². The van der Waals surface area contributed by atoms with Crippen LogP contribution < -0.4 is 10.6 Å². The first-order valence-corrected chi connectivity index (χ1v) is 9.98. The highest BCUT2D eigenvalue weighted by molar-refractivity contribution is 14.0. The molecule has 1 heterocycles. The van der Waals surface area contributed by atoms with Crippen LogP contribution in [0.3, 0.4) is 0 Å². The van der Waals surface area contributed by atoms with Crippen LogP contribution in [0.1, 0.15) is 44.3 Å². The van der Waals surface area contributed by atoms with Crippen molar-refractivity contribution >= 4 is 29.9 Å². The van der Waals surface area contributed by atoms with Gasteiger partial charge in [0.15, 0.2) is 5.96 Å². The maximum atomic E-state index is 5.91. The smallest absolute Gasteiger partial charge is 0.190 e. The lowest BCUT2D eigenvalue weighted by atomic mass is 9.94. The van der Waals surface area contributed by atoms with Crippen LogP contribution in [0.2, 0.25) is 0 Å². The second-order valence-electron chi connectivity index (χ2n) is 7.24. The number of aliphatic imine (C=N–C) groups is 1. The van der Waals surface area contributed by atoms with Crippen LogP contribution in [0.4, 0.5) is 0 Å². The van der Waals surface area contributed by atoms with Gasteiger partial charge in [-0.15, -0.1) is 24.0 Å². The lowest BCUT2D eigenvalue weighted by Crippen LogP contribution is -2.39. The Morgan fingerprint density at radius 3 is 2.52 bits per heavy atom. The van der Waals surface area contributed by atoms with E-state index in [2.05, 4.69) is 58.8 Å². The number of hydrogen-bond donors (Lipinski definition) is 2. The molecule has 0 aliphatic carbocycles. The molecule has 0 radical (unpaired) electrons. The first-order valence-electron chi connectivity index (χ1n) is 9.98. The third-order valence-corrected chi connectivity index (χ3v) is 5.16. The van der Waals surface area contributed by atoms with Crippen molar-refractivity contribution in [1.82, 2.24) is 15.5 Å². The van der Waals surface area contributed by atoms with Gasteiger partial charge in [0.2, 0.25) is 0 Å². The minimum Gasteiger partial charge on any atom is -0.374 e. The standard InChI is InChI=1S/C21H36N4O.HI/c1-18(20-8-5-4-6-9-20)26-17-7-13-23-21(22-2)24-14-10-19-11-15-25(3)16-12-19;/h4-6,8-9,18-19H,7,10-17H2,1-3H3,(H2,22,23,24);1H. The van der Waals surface area contributed by atoms with Crippen molar-refractivity contribution in [2.24, 2.45) is 10.9 Å². The highest BCUT2D eigenvalue weighted by atomic mass is 127. The van der Waals surface area contributed by atoms with E-state index >= 15 is 0 Å². The van der Waals surface area contributed by atoms with Gasteiger partial charge >= 0.3 is 0 Å². The van der Waals surface area contributed by atoms with E-state index in [4.69, 9.17) is 4.74 Å². The molecule has 154 valence electrons. The number of ether oxygens (including phenoxy) is 1. The molecular formula is C21H37IN4O. The lowest BCUT2D eigenvalue weighted by Gasteiger charge is -2.29. The maximum Gasteiger partial charge on any atom is 0.190 e. The third kappa shape index (κ3) is 9.76. The lowest BCUT2D eigenvalue weighted by molar-refractivity contribution is 0.0646. The zero-order valence-electron chi connectivity index (χ0n) is 17.1. The zero-order chi connectivity index (χ0) is 18.6. The number of piperidine rings is 1. The number of hydrogen-bond acceptors (Lipinski definition) is 3. The average molecular weight is 488 g/mol. The first-order chi connectivity index (χ1) is 12.7. The Balaban J connectivity index is 0.00000364. The summed E-state index contributed by atoms with van der Waals surface area (Å²) in [5.41, 5.74) is 1.23. The minimum atomic E-state index is 0. The van der Waals surface area contributed by atoms with Gasteiger partial charge in [-0.05, 0) is 64.2 Å². The van der Waals surface area contributed by atoms with Gasteiger partial charge in [-0.2, -0.15) is 0 Å². The number of rotatable bonds is 9. The molecule has 0 saturated carbocycles. The summed E-state index contributed by atoms with van der Waals surface area (Å²) in [5.74, 6) is 1.75. The monoisotopic (exact) mass is 488 g/mol. The van der Waals surface area contributed by atoms with Gasteiger partial charge in [0.25, 0.3) is 0 Å². The van der Waals surface area contributed by atoms with Crippen molar-refractivity contribution in [3.63, 3.8) is 0 Å². The van der Waals surface area contributed by atoms with Gasteiger partial charge in [-0.3, -0.25) is 4.99 Å². The fourth-order valence-corrected chi connectivity index (χ4v) is 3.33. The number of benzene rings is 1. The van der Waals surface area contributed by atoms with Crippen LogP contribution in [0.5, 0.6) is 0 Å². The maximum absolute atomic E-state index is 5.91. The largest absolute Gasteiger partial charge is 0.374 e. The quantitative estimate of drug-likeness (QED) is 0.241. The molecule has 0 amide bonds. The van der Waals surface area contributed by atoms with E-state index in [1.165, 1.54) is 37.9 Å². The van der Waals surface area contributed by atoms with Crippen molar-refractivity contribution in [3.05, 3.63) is 35.9 Å². The molecule has 1 aromatic rings. The van der Waals surface area contributed by atoms with Crippen molar-refractivity contribution in [3.8, 4) is 0 Å². The first kappa shape index (κ1) is 24.2. The summed E-state index contributed by atoms with van der Waals surface area (Å²) >= 11 is 0. The average Bonchev–Trinajstić information content (AvgIpc) is 2.68. The molecular weight excluding hydrogens is 451 g/mol. The van der Waals surface area contributed by atoms with Crippen molar-refractivity contribution < 1.29 is 4.74 Å². The highest BCUT2D eigenvalue weighted by Crippen LogP contribution is 2.18. The number of likely N-dealkylation sites (tertiary alicyclic amines) is 1. The number of nitrogens with one attached hydrogen (secondary N) is 2. The predicted octanol–water partition coefficient (Wildman–Crippen LogP) is 3.67. The molecule has 1 aliphatic rings. The Kier molecular flexibility index (Phi) is 12.7. The Hall–Kier alpha value is -0.860. The topological polar surface area (TPSA) is 48.9 Å². The van der Waals surface area contributed by atoms with E-state index in [0.717, 1.165) is 38.0 Å². The van der Waals surface area contributed by atoms with E-state index < -0.39 is 0 Å². The summed E-state index contributed by atoms with van der Waals surface area (Å²) in [6, 6.07) is 10.4. The molecule has 0 bridgehead atoms. The predicted molar refractivity (Wildman–Crippen MR) is 125 cm³/mol. The molecule has 0 spiro atoms. The summed E-state index contributed by atoms with van der Waals surface area (Å²) in [6.07, 6.45) is 4.98. The van der Waals surface area contributed by atoms with E-state index in [-0.39, 0.29) is 30.1 Å². The highest BCUT2D eigenvalue weighted by Gasteiger charge is 2.16. The fourth-order valence-electron chi connectivity index (χ4n) is 3.33. The van der Waals surface area contributed by atoms with E-state index in [1.807, 2.05) is 13.1 Å². The van der Waals surface area contributed by atoms with E-state index in [9.17, 15) is 0 Å². The Morgan fingerprint density at radius 2 is 1.85 bits per heavy atom. The molecule has 1 fully saturated rings. The van der Waals surface area contributed by atoms with Gasteiger partial charge in [-0.1, -0.05) is 30.3 Å². The molecule has 2 rings (SSSR count). The third-order valence-electron chi connectivity index (χ3n) is 5.16. The van der Waals surface area contributed by atoms with Crippen LogP contribution in [0, 0.1) is 5.92 Å². The molecule has 1 saturated heterocycles. The van der Waals surface area contributed by atoms with E-state index in [0.29, 0.717) is 0 Å². The number of guanidine groups is 1.